The molecule has 0 aliphatic carbocycles. The van der Waals surface area contributed by atoms with E-state index in [0.29, 0.717) is 32.0 Å². The molecule has 0 bridgehead atoms. The van der Waals surface area contributed by atoms with Gasteiger partial charge >= 0.3 is 6.03 Å². The zero-order valence-electron chi connectivity index (χ0n) is 20.4. The first-order valence-corrected chi connectivity index (χ1v) is 12.1. The number of aryl methyl sites for hydroxylation is 2. The van der Waals surface area contributed by atoms with E-state index in [1.54, 1.807) is 9.80 Å². The third-order valence-corrected chi connectivity index (χ3v) is 6.16. The van der Waals surface area contributed by atoms with E-state index >= 15 is 0 Å². The third-order valence-electron chi connectivity index (χ3n) is 6.16. The Morgan fingerprint density at radius 1 is 0.943 bits per heavy atom. The van der Waals surface area contributed by atoms with Gasteiger partial charge in [-0.3, -0.25) is 4.79 Å². The fourth-order valence-electron chi connectivity index (χ4n) is 4.22. The van der Waals surface area contributed by atoms with Crippen molar-refractivity contribution in [2.45, 2.75) is 45.9 Å². The maximum absolute atomic E-state index is 13.6. The second-order valence-electron chi connectivity index (χ2n) is 9.01. The van der Waals surface area contributed by atoms with E-state index in [9.17, 15) is 9.59 Å². The highest BCUT2D eigenvalue weighted by atomic mass is 16.5. The highest BCUT2D eigenvalue weighted by molar-refractivity contribution is 5.93. The molecule has 0 radical (unpaired) electrons. The summed E-state index contributed by atoms with van der Waals surface area (Å²) in [6.45, 7) is 5.57. The Morgan fingerprint density at radius 2 is 1.71 bits per heavy atom. The number of carbonyl (C=O) groups is 2. The van der Waals surface area contributed by atoms with Crippen LogP contribution in [0.2, 0.25) is 0 Å². The Labute approximate surface area is 206 Å². The summed E-state index contributed by atoms with van der Waals surface area (Å²) in [5.74, 6) is 1.35. The van der Waals surface area contributed by atoms with E-state index in [4.69, 9.17) is 9.15 Å². The number of amides is 3. The van der Waals surface area contributed by atoms with Gasteiger partial charge < -0.3 is 24.3 Å². The molecule has 1 fully saturated rings. The van der Waals surface area contributed by atoms with E-state index in [1.807, 2.05) is 80.6 Å². The molecule has 3 amide bonds. The summed E-state index contributed by atoms with van der Waals surface area (Å²) in [7, 11) is 0. The largest absolute Gasteiger partial charge is 0.464 e. The van der Waals surface area contributed by atoms with Crippen LogP contribution in [-0.4, -0.2) is 47.5 Å². The highest BCUT2D eigenvalue weighted by Crippen LogP contribution is 2.18. The van der Waals surface area contributed by atoms with Gasteiger partial charge in [-0.2, -0.15) is 0 Å². The maximum atomic E-state index is 13.6. The SMILES string of the molecule is Cc1ccc(CN(Cc2ccccc2)C(=O)CN(CC2CCCO2)C(=O)Nc2ccccc2C)o1. The number of ether oxygens (including phenoxy) is 1. The van der Waals surface area contributed by atoms with Crippen LogP contribution >= 0.6 is 0 Å². The summed E-state index contributed by atoms with van der Waals surface area (Å²) < 4.78 is 11.5. The fourth-order valence-corrected chi connectivity index (χ4v) is 4.22. The number of urea groups is 1. The molecule has 1 N–H and O–H groups in total. The standard InChI is InChI=1S/C28H33N3O4/c1-21-9-6-7-13-26(21)29-28(33)31(18-24-12-8-16-34-24)20-27(32)30(17-23-10-4-3-5-11-23)19-25-15-14-22(2)35-25/h3-7,9-11,13-15,24H,8,12,16-20H2,1-2H3,(H,29,33). The number of carbonyl (C=O) groups excluding carboxylic acids is 2. The van der Waals surface area contributed by atoms with Crippen LogP contribution in [0.4, 0.5) is 10.5 Å². The Balaban J connectivity index is 1.52. The van der Waals surface area contributed by atoms with E-state index in [-0.39, 0.29) is 24.6 Å². The second kappa shape index (κ2) is 11.7. The molecular formula is C28H33N3O4. The van der Waals surface area contributed by atoms with Crippen molar-refractivity contribution in [3.05, 3.63) is 89.4 Å². The minimum Gasteiger partial charge on any atom is -0.464 e. The lowest BCUT2D eigenvalue weighted by atomic mass is 10.2. The molecule has 3 aromatic rings. The number of hydrogen-bond donors (Lipinski definition) is 1. The monoisotopic (exact) mass is 475 g/mol. The van der Waals surface area contributed by atoms with Crippen molar-refractivity contribution < 1.29 is 18.7 Å². The Hall–Kier alpha value is -3.58. The predicted molar refractivity (Wildman–Crippen MR) is 135 cm³/mol. The van der Waals surface area contributed by atoms with Crippen molar-refractivity contribution in [3.63, 3.8) is 0 Å². The number of para-hydroxylation sites is 1. The van der Waals surface area contributed by atoms with Gasteiger partial charge in [0, 0.05) is 25.4 Å². The van der Waals surface area contributed by atoms with Crippen LogP contribution in [0.1, 0.15) is 35.5 Å². The van der Waals surface area contributed by atoms with Gasteiger partial charge in [0.15, 0.2) is 0 Å². The smallest absolute Gasteiger partial charge is 0.322 e. The minimum absolute atomic E-state index is 0.0515. The normalized spacial score (nSPS) is 15.1. The number of hydrogen-bond acceptors (Lipinski definition) is 4. The Bertz CT molecular complexity index is 1120. The fraction of sp³-hybridized carbons (Fsp3) is 0.357. The van der Waals surface area contributed by atoms with Gasteiger partial charge in [0.25, 0.3) is 0 Å². The summed E-state index contributed by atoms with van der Waals surface area (Å²) >= 11 is 0. The molecule has 35 heavy (non-hydrogen) atoms. The van der Waals surface area contributed by atoms with E-state index in [0.717, 1.165) is 35.4 Å². The topological polar surface area (TPSA) is 75.0 Å². The number of anilines is 1. The number of nitrogens with one attached hydrogen (secondary N) is 1. The first-order valence-electron chi connectivity index (χ1n) is 12.1. The van der Waals surface area contributed by atoms with E-state index in [2.05, 4.69) is 5.32 Å². The van der Waals surface area contributed by atoms with Crippen molar-refractivity contribution in [1.29, 1.82) is 0 Å². The van der Waals surface area contributed by atoms with Crippen LogP contribution in [0, 0.1) is 13.8 Å². The lowest BCUT2D eigenvalue weighted by Gasteiger charge is -2.29. The maximum Gasteiger partial charge on any atom is 0.322 e. The molecule has 2 heterocycles. The Morgan fingerprint density at radius 3 is 2.40 bits per heavy atom. The molecule has 1 aromatic heterocycles. The molecule has 1 saturated heterocycles. The third kappa shape index (κ3) is 6.96. The first-order chi connectivity index (χ1) is 17.0. The van der Waals surface area contributed by atoms with E-state index in [1.165, 1.54) is 0 Å². The van der Waals surface area contributed by atoms with Crippen molar-refractivity contribution >= 4 is 17.6 Å². The van der Waals surface area contributed by atoms with Crippen molar-refractivity contribution in [1.82, 2.24) is 9.80 Å². The van der Waals surface area contributed by atoms with Crippen LogP contribution in [0.25, 0.3) is 0 Å². The number of furan rings is 1. The van der Waals surface area contributed by atoms with Crippen molar-refractivity contribution in [3.8, 4) is 0 Å². The van der Waals surface area contributed by atoms with Crippen LogP contribution in [0.3, 0.4) is 0 Å². The molecule has 1 aliphatic rings. The lowest BCUT2D eigenvalue weighted by molar-refractivity contribution is -0.133. The predicted octanol–water partition coefficient (Wildman–Crippen LogP) is 5.14. The molecule has 0 spiro atoms. The average Bonchev–Trinajstić information content (AvgIpc) is 3.52. The molecule has 0 saturated carbocycles. The molecule has 7 heteroatoms. The summed E-state index contributed by atoms with van der Waals surface area (Å²) in [5, 5.41) is 2.97. The van der Waals surface area contributed by atoms with Crippen LogP contribution in [0.5, 0.6) is 0 Å². The van der Waals surface area contributed by atoms with E-state index < -0.39 is 0 Å². The molecular weight excluding hydrogens is 442 g/mol. The van der Waals surface area contributed by atoms with Gasteiger partial charge in [-0.05, 0) is 56.0 Å². The lowest BCUT2D eigenvalue weighted by Crippen LogP contribution is -2.46. The van der Waals surface area contributed by atoms with Gasteiger partial charge in [-0.1, -0.05) is 48.5 Å². The molecule has 7 nitrogen and oxygen atoms in total. The summed E-state index contributed by atoms with van der Waals surface area (Å²) in [6.07, 6.45) is 1.77. The number of benzene rings is 2. The number of rotatable bonds is 9. The van der Waals surface area contributed by atoms with Gasteiger partial charge in [0.05, 0.1) is 12.6 Å². The van der Waals surface area contributed by atoms with Crippen molar-refractivity contribution in [2.75, 3.05) is 25.0 Å². The van der Waals surface area contributed by atoms with Crippen LogP contribution in [0.15, 0.2) is 71.1 Å². The Kier molecular flexibility index (Phi) is 8.21. The summed E-state index contributed by atoms with van der Waals surface area (Å²) in [6, 6.07) is 20.9. The first kappa shape index (κ1) is 24.5. The average molecular weight is 476 g/mol. The molecule has 1 unspecified atom stereocenters. The zero-order valence-corrected chi connectivity index (χ0v) is 20.4. The molecule has 1 aliphatic heterocycles. The quantitative estimate of drug-likeness (QED) is 0.465. The zero-order chi connectivity index (χ0) is 24.6. The highest BCUT2D eigenvalue weighted by Gasteiger charge is 2.27. The van der Waals surface area contributed by atoms with Gasteiger partial charge in [-0.25, -0.2) is 4.79 Å². The van der Waals surface area contributed by atoms with Crippen LogP contribution in [-0.2, 0) is 22.6 Å². The van der Waals surface area contributed by atoms with Crippen LogP contribution < -0.4 is 5.32 Å². The molecule has 184 valence electrons. The van der Waals surface area contributed by atoms with Crippen molar-refractivity contribution in [2.24, 2.45) is 0 Å². The molecule has 2 aromatic carbocycles. The van der Waals surface area contributed by atoms with Gasteiger partial charge in [0.2, 0.25) is 5.91 Å². The van der Waals surface area contributed by atoms with Gasteiger partial charge in [0.1, 0.15) is 18.1 Å². The van der Waals surface area contributed by atoms with Gasteiger partial charge in [-0.15, -0.1) is 0 Å². The number of nitrogens with zero attached hydrogens (tertiary/aromatic N) is 2. The molecule has 1 atom stereocenters. The minimum atomic E-state index is -0.309. The molecule has 4 rings (SSSR count). The summed E-state index contributed by atoms with van der Waals surface area (Å²) in [5.41, 5.74) is 2.71. The summed E-state index contributed by atoms with van der Waals surface area (Å²) in [4.78, 5) is 30.2. The second-order valence-corrected chi connectivity index (χ2v) is 9.01.